The summed E-state index contributed by atoms with van der Waals surface area (Å²) >= 11 is 11.0. The van der Waals surface area contributed by atoms with Crippen LogP contribution in [-0.4, -0.2) is 18.3 Å². The maximum atomic E-state index is 10.8. The number of halogens is 2. The molecule has 0 bridgehead atoms. The first kappa shape index (κ1) is 10.4. The Hall–Kier alpha value is -0.730. The van der Waals surface area contributed by atoms with Crippen molar-refractivity contribution < 1.29 is 9.53 Å². The summed E-state index contributed by atoms with van der Waals surface area (Å²) in [5, 5.41) is 0.579. The number of carbonyl (C=O) groups excluding carboxylic acids is 1. The van der Waals surface area contributed by atoms with Crippen LogP contribution in [0.15, 0.2) is 24.3 Å². The number of ether oxygens (including phenoxy) is 1. The fourth-order valence-corrected chi connectivity index (χ4v) is 1.02. The summed E-state index contributed by atoms with van der Waals surface area (Å²) < 4.78 is 5.12. The molecule has 0 aliphatic heterocycles. The first-order chi connectivity index (χ1) is 6.22. The molecule has 0 unspecified atom stereocenters. The molecule has 0 saturated heterocycles. The quantitative estimate of drug-likeness (QED) is 0.727. The van der Waals surface area contributed by atoms with E-state index in [0.29, 0.717) is 10.8 Å². The molecule has 0 N–H and O–H groups in total. The van der Waals surface area contributed by atoms with Gasteiger partial charge < -0.3 is 4.74 Å². The van der Waals surface area contributed by atoms with Gasteiger partial charge in [-0.2, -0.15) is 0 Å². The van der Waals surface area contributed by atoms with Crippen molar-refractivity contribution >= 4 is 29.0 Å². The zero-order chi connectivity index (χ0) is 9.68. The Bertz CT molecular complexity index is 299. The van der Waals surface area contributed by atoms with Crippen LogP contribution in [0.2, 0.25) is 5.02 Å². The molecule has 1 aromatic carbocycles. The fraction of sp³-hybridized carbons (Fsp3) is 0.222. The third-order valence-electron chi connectivity index (χ3n) is 1.34. The second kappa shape index (κ2) is 5.10. The van der Waals surface area contributed by atoms with Crippen molar-refractivity contribution in [3.8, 4) is 5.75 Å². The summed E-state index contributed by atoms with van der Waals surface area (Å²) in [5.41, 5.74) is 0. The van der Waals surface area contributed by atoms with Crippen molar-refractivity contribution in [1.29, 1.82) is 0 Å². The highest BCUT2D eigenvalue weighted by molar-refractivity contribution is 6.30. The van der Waals surface area contributed by atoms with Gasteiger partial charge >= 0.3 is 0 Å². The van der Waals surface area contributed by atoms with Gasteiger partial charge in [0, 0.05) is 5.02 Å². The van der Waals surface area contributed by atoms with Gasteiger partial charge in [-0.3, -0.25) is 4.79 Å². The molecule has 2 nitrogen and oxygen atoms in total. The van der Waals surface area contributed by atoms with Gasteiger partial charge in [-0.25, -0.2) is 0 Å². The number of Topliss-reactive ketones (excluding diaryl/α,β-unsaturated/α-hetero) is 1. The molecule has 0 aromatic heterocycles. The summed E-state index contributed by atoms with van der Waals surface area (Å²) in [6, 6.07) is 6.86. The van der Waals surface area contributed by atoms with E-state index in [1.54, 1.807) is 24.3 Å². The predicted molar refractivity (Wildman–Crippen MR) is 52.7 cm³/mol. The predicted octanol–water partition coefficient (Wildman–Crippen LogP) is 2.53. The molecule has 0 radical (unpaired) electrons. The van der Waals surface area contributed by atoms with Gasteiger partial charge in [0.1, 0.15) is 12.4 Å². The number of carbonyl (C=O) groups is 1. The lowest BCUT2D eigenvalue weighted by Crippen LogP contribution is -2.11. The third kappa shape index (κ3) is 3.66. The molecule has 0 aliphatic carbocycles. The lowest BCUT2D eigenvalue weighted by Gasteiger charge is -2.03. The average molecular weight is 219 g/mol. The number of ketones is 1. The van der Waals surface area contributed by atoms with Crippen molar-refractivity contribution in [3.05, 3.63) is 29.3 Å². The van der Waals surface area contributed by atoms with Crippen LogP contribution in [0.4, 0.5) is 0 Å². The van der Waals surface area contributed by atoms with Crippen molar-refractivity contribution in [2.24, 2.45) is 0 Å². The Morgan fingerprint density at radius 3 is 2.85 bits per heavy atom. The summed E-state index contributed by atoms with van der Waals surface area (Å²) in [7, 11) is 0. The molecule has 0 saturated carbocycles. The van der Waals surface area contributed by atoms with Crippen molar-refractivity contribution in [2.45, 2.75) is 0 Å². The molecular formula is C9H8Cl2O2. The minimum Gasteiger partial charge on any atom is -0.486 e. The fourth-order valence-electron chi connectivity index (χ4n) is 0.759. The maximum absolute atomic E-state index is 10.8. The van der Waals surface area contributed by atoms with Gasteiger partial charge in [0.25, 0.3) is 0 Å². The van der Waals surface area contributed by atoms with Crippen LogP contribution >= 0.6 is 23.2 Å². The van der Waals surface area contributed by atoms with Crippen molar-refractivity contribution in [1.82, 2.24) is 0 Å². The van der Waals surface area contributed by atoms with Crippen LogP contribution in [0.3, 0.4) is 0 Å². The molecule has 0 fully saturated rings. The molecule has 1 aromatic rings. The Labute approximate surface area is 86.4 Å². The second-order valence-electron chi connectivity index (χ2n) is 2.42. The van der Waals surface area contributed by atoms with E-state index in [0.717, 1.165) is 0 Å². The van der Waals surface area contributed by atoms with Gasteiger partial charge in [0.05, 0.1) is 5.88 Å². The molecular weight excluding hydrogens is 211 g/mol. The molecule has 0 heterocycles. The molecule has 0 spiro atoms. The van der Waals surface area contributed by atoms with E-state index in [1.165, 1.54) is 0 Å². The average Bonchev–Trinajstić information content (AvgIpc) is 2.14. The molecule has 0 atom stereocenters. The number of alkyl halides is 1. The van der Waals surface area contributed by atoms with Crippen molar-refractivity contribution in [2.75, 3.05) is 12.5 Å². The summed E-state index contributed by atoms with van der Waals surface area (Å²) in [6.07, 6.45) is 0. The van der Waals surface area contributed by atoms with Crippen LogP contribution in [0.25, 0.3) is 0 Å². The maximum Gasteiger partial charge on any atom is 0.184 e. The minimum atomic E-state index is -0.151. The smallest absolute Gasteiger partial charge is 0.184 e. The lowest BCUT2D eigenvalue weighted by atomic mass is 10.3. The highest BCUT2D eigenvalue weighted by Gasteiger charge is 2.00. The summed E-state index contributed by atoms with van der Waals surface area (Å²) in [5.74, 6) is 0.396. The zero-order valence-electron chi connectivity index (χ0n) is 6.80. The molecule has 13 heavy (non-hydrogen) atoms. The summed E-state index contributed by atoms with van der Waals surface area (Å²) in [4.78, 5) is 10.8. The zero-order valence-corrected chi connectivity index (χ0v) is 8.31. The van der Waals surface area contributed by atoms with E-state index in [4.69, 9.17) is 27.9 Å². The SMILES string of the molecule is O=C(CCl)COc1cccc(Cl)c1. The first-order valence-corrected chi connectivity index (χ1v) is 4.59. The second-order valence-corrected chi connectivity index (χ2v) is 3.12. The molecule has 1 rings (SSSR count). The van der Waals surface area contributed by atoms with E-state index in [9.17, 15) is 4.79 Å². The lowest BCUT2D eigenvalue weighted by molar-refractivity contribution is -0.118. The highest BCUT2D eigenvalue weighted by atomic mass is 35.5. The van der Waals surface area contributed by atoms with Crippen LogP contribution < -0.4 is 4.74 Å². The first-order valence-electron chi connectivity index (χ1n) is 3.68. The van der Waals surface area contributed by atoms with E-state index in [1.807, 2.05) is 0 Å². The van der Waals surface area contributed by atoms with Crippen LogP contribution in [0.1, 0.15) is 0 Å². The van der Waals surface area contributed by atoms with Gasteiger partial charge in [-0.05, 0) is 18.2 Å². The van der Waals surface area contributed by atoms with Gasteiger partial charge in [-0.1, -0.05) is 17.7 Å². The molecule has 0 amide bonds. The third-order valence-corrected chi connectivity index (χ3v) is 1.88. The van der Waals surface area contributed by atoms with Gasteiger partial charge in [-0.15, -0.1) is 11.6 Å². The Balaban J connectivity index is 2.50. The standard InChI is InChI=1S/C9H8Cl2O2/c10-5-8(12)6-13-9-3-1-2-7(11)4-9/h1-4H,5-6H2. The Kier molecular flexibility index (Phi) is 4.06. The normalized spacial score (nSPS) is 9.69. The largest absolute Gasteiger partial charge is 0.486 e. The van der Waals surface area contributed by atoms with Crippen LogP contribution in [0, 0.1) is 0 Å². The molecule has 4 heteroatoms. The molecule has 70 valence electrons. The van der Waals surface area contributed by atoms with E-state index < -0.39 is 0 Å². The number of hydrogen-bond donors (Lipinski definition) is 0. The Morgan fingerprint density at radius 2 is 2.23 bits per heavy atom. The number of hydrogen-bond acceptors (Lipinski definition) is 2. The monoisotopic (exact) mass is 218 g/mol. The van der Waals surface area contributed by atoms with E-state index in [-0.39, 0.29) is 18.3 Å². The minimum absolute atomic E-state index is 0.0101. The number of rotatable bonds is 4. The topological polar surface area (TPSA) is 26.3 Å². The molecule has 0 aliphatic rings. The Morgan fingerprint density at radius 1 is 1.46 bits per heavy atom. The van der Waals surface area contributed by atoms with Gasteiger partial charge in [0.2, 0.25) is 0 Å². The highest BCUT2D eigenvalue weighted by Crippen LogP contribution is 2.16. The van der Waals surface area contributed by atoms with E-state index >= 15 is 0 Å². The van der Waals surface area contributed by atoms with Crippen molar-refractivity contribution in [3.63, 3.8) is 0 Å². The van der Waals surface area contributed by atoms with Crippen LogP contribution in [0.5, 0.6) is 5.75 Å². The van der Waals surface area contributed by atoms with Crippen LogP contribution in [-0.2, 0) is 4.79 Å². The summed E-state index contributed by atoms with van der Waals surface area (Å²) in [6.45, 7) is -0.0101. The van der Waals surface area contributed by atoms with E-state index in [2.05, 4.69) is 0 Å². The number of benzene rings is 1. The van der Waals surface area contributed by atoms with Gasteiger partial charge in [0.15, 0.2) is 5.78 Å².